The Kier molecular flexibility index (Phi) is 3.91. The minimum Gasteiger partial charge on any atom is -0.373 e. The molecule has 4 aliphatic rings. The summed E-state index contributed by atoms with van der Waals surface area (Å²) in [5, 5.41) is 0. The predicted octanol–water partition coefficient (Wildman–Crippen LogP) is 3.16. The standard InChI is InChI=1S/C22H30N2O2/c1-26-22(17-5-2-4-14(9-17)21(23)25)18-6-3-7-19(22)13-24(12-18)20-10-15-8-16(15)11-20/h2,4-5,9,15-16,18-20H,3,6-8,10-13H2,1H3,(H2,23,25)/t15-,16+,18?,19?,20?,22?. The summed E-state index contributed by atoms with van der Waals surface area (Å²) in [6.07, 6.45) is 8.03. The van der Waals surface area contributed by atoms with E-state index >= 15 is 0 Å². The van der Waals surface area contributed by atoms with Gasteiger partial charge in [-0.15, -0.1) is 0 Å². The van der Waals surface area contributed by atoms with Crippen LogP contribution in [0.2, 0.25) is 0 Å². The number of carbonyl (C=O) groups excluding carboxylic acids is 1. The van der Waals surface area contributed by atoms with Crippen molar-refractivity contribution in [1.82, 2.24) is 4.90 Å². The van der Waals surface area contributed by atoms with Gasteiger partial charge in [0, 0.05) is 43.6 Å². The van der Waals surface area contributed by atoms with Crippen molar-refractivity contribution < 1.29 is 9.53 Å². The molecular weight excluding hydrogens is 324 g/mol. The van der Waals surface area contributed by atoms with Crippen molar-refractivity contribution in [2.75, 3.05) is 20.2 Å². The number of nitrogens with zero attached hydrogens (tertiary/aromatic N) is 1. The lowest BCUT2D eigenvalue weighted by atomic mass is 9.62. The van der Waals surface area contributed by atoms with Crippen molar-refractivity contribution in [2.24, 2.45) is 29.4 Å². The van der Waals surface area contributed by atoms with Crippen molar-refractivity contribution in [3.8, 4) is 0 Å². The number of benzene rings is 1. The van der Waals surface area contributed by atoms with Gasteiger partial charge in [0.2, 0.25) is 5.91 Å². The third-order valence-corrected chi connectivity index (χ3v) is 7.90. The van der Waals surface area contributed by atoms with E-state index in [0.717, 1.165) is 36.5 Å². The van der Waals surface area contributed by atoms with Crippen LogP contribution in [0.4, 0.5) is 0 Å². The average molecular weight is 354 g/mol. The first-order chi connectivity index (χ1) is 12.6. The van der Waals surface area contributed by atoms with E-state index in [1.807, 2.05) is 25.3 Å². The topological polar surface area (TPSA) is 55.6 Å². The van der Waals surface area contributed by atoms with Gasteiger partial charge < -0.3 is 10.5 Å². The van der Waals surface area contributed by atoms with Gasteiger partial charge in [0.25, 0.3) is 0 Å². The molecule has 0 radical (unpaired) electrons. The number of hydrogen-bond donors (Lipinski definition) is 1. The number of fused-ring (bicyclic) bond motifs is 3. The minimum absolute atomic E-state index is 0.262. The second-order valence-electron chi connectivity index (χ2n) is 9.10. The molecule has 2 bridgehead atoms. The van der Waals surface area contributed by atoms with Gasteiger partial charge in [-0.05, 0) is 61.6 Å². The average Bonchev–Trinajstić information content (AvgIpc) is 3.25. The SMILES string of the molecule is COC1(c2cccc(C(N)=O)c2)C2CCCC1CN(C1C[C@@H]3C[C@@H]3C1)C2. The van der Waals surface area contributed by atoms with E-state index in [1.54, 1.807) is 0 Å². The fourth-order valence-electron chi connectivity index (χ4n) is 6.58. The summed E-state index contributed by atoms with van der Waals surface area (Å²) in [5.41, 5.74) is 7.03. The van der Waals surface area contributed by atoms with E-state index in [4.69, 9.17) is 10.5 Å². The van der Waals surface area contributed by atoms with Crippen LogP contribution in [0.25, 0.3) is 0 Å². The quantitative estimate of drug-likeness (QED) is 0.904. The van der Waals surface area contributed by atoms with Gasteiger partial charge in [-0.25, -0.2) is 0 Å². The summed E-state index contributed by atoms with van der Waals surface area (Å²) in [7, 11) is 1.86. The Morgan fingerprint density at radius 1 is 1.15 bits per heavy atom. The molecule has 4 fully saturated rings. The van der Waals surface area contributed by atoms with Crippen LogP contribution in [0.1, 0.15) is 54.4 Å². The van der Waals surface area contributed by atoms with E-state index < -0.39 is 0 Å². The maximum atomic E-state index is 11.7. The lowest BCUT2D eigenvalue weighted by molar-refractivity contribution is -0.174. The molecule has 1 aromatic carbocycles. The summed E-state index contributed by atoms with van der Waals surface area (Å²) in [4.78, 5) is 14.5. The Hall–Kier alpha value is -1.39. The van der Waals surface area contributed by atoms with Gasteiger partial charge in [0.15, 0.2) is 0 Å². The number of primary amides is 1. The lowest BCUT2D eigenvalue weighted by Crippen LogP contribution is -2.60. The van der Waals surface area contributed by atoms with Gasteiger partial charge in [0.1, 0.15) is 5.60 Å². The van der Waals surface area contributed by atoms with Gasteiger partial charge in [0.05, 0.1) is 0 Å². The molecule has 1 aliphatic heterocycles. The molecule has 2 N–H and O–H groups in total. The highest BCUT2D eigenvalue weighted by Crippen LogP contribution is 2.56. The smallest absolute Gasteiger partial charge is 0.248 e. The highest BCUT2D eigenvalue weighted by molar-refractivity contribution is 5.92. The summed E-state index contributed by atoms with van der Waals surface area (Å²) >= 11 is 0. The normalized spacial score (nSPS) is 41.7. The zero-order chi connectivity index (χ0) is 17.9. The largest absolute Gasteiger partial charge is 0.373 e. The zero-order valence-electron chi connectivity index (χ0n) is 15.7. The number of amides is 1. The molecule has 1 amide bonds. The molecule has 4 nitrogen and oxygen atoms in total. The molecular formula is C22H30N2O2. The number of nitrogens with two attached hydrogens (primary N) is 1. The molecule has 0 spiro atoms. The first kappa shape index (κ1) is 16.8. The lowest BCUT2D eigenvalue weighted by Gasteiger charge is -2.56. The number of methoxy groups -OCH3 is 1. The fraction of sp³-hybridized carbons (Fsp3) is 0.682. The molecule has 1 aromatic rings. The molecule has 26 heavy (non-hydrogen) atoms. The van der Waals surface area contributed by atoms with Crippen LogP contribution in [0.5, 0.6) is 0 Å². The van der Waals surface area contributed by atoms with Crippen LogP contribution < -0.4 is 5.73 Å². The number of ether oxygens (including phenoxy) is 1. The van der Waals surface area contributed by atoms with E-state index in [-0.39, 0.29) is 11.5 Å². The highest BCUT2D eigenvalue weighted by atomic mass is 16.5. The highest BCUT2D eigenvalue weighted by Gasteiger charge is 2.56. The second-order valence-corrected chi connectivity index (χ2v) is 9.10. The van der Waals surface area contributed by atoms with Crippen LogP contribution in [0.3, 0.4) is 0 Å². The third kappa shape index (κ3) is 2.45. The molecule has 3 saturated carbocycles. The number of rotatable bonds is 4. The summed E-state index contributed by atoms with van der Waals surface area (Å²) in [6, 6.07) is 8.70. The Labute approximate surface area is 156 Å². The maximum Gasteiger partial charge on any atom is 0.248 e. The van der Waals surface area contributed by atoms with E-state index in [1.165, 1.54) is 38.5 Å². The number of likely N-dealkylation sites (tertiary alicyclic amines) is 1. The summed E-state index contributed by atoms with van der Waals surface area (Å²) in [5.74, 6) is 2.70. The fourth-order valence-corrected chi connectivity index (χ4v) is 6.58. The van der Waals surface area contributed by atoms with Gasteiger partial charge in [-0.1, -0.05) is 18.6 Å². The van der Waals surface area contributed by atoms with Gasteiger partial charge in [-0.3, -0.25) is 9.69 Å². The van der Waals surface area contributed by atoms with Crippen molar-refractivity contribution in [3.05, 3.63) is 35.4 Å². The summed E-state index contributed by atoms with van der Waals surface area (Å²) < 4.78 is 6.33. The van der Waals surface area contributed by atoms with Gasteiger partial charge >= 0.3 is 0 Å². The minimum atomic E-state index is -0.356. The molecule has 1 saturated heterocycles. The summed E-state index contributed by atoms with van der Waals surface area (Å²) in [6.45, 7) is 2.27. The Morgan fingerprint density at radius 3 is 2.46 bits per heavy atom. The van der Waals surface area contributed by atoms with Crippen molar-refractivity contribution >= 4 is 5.91 Å². The maximum absolute atomic E-state index is 11.7. The number of hydrogen-bond acceptors (Lipinski definition) is 3. The zero-order valence-corrected chi connectivity index (χ0v) is 15.7. The van der Waals surface area contributed by atoms with Crippen molar-refractivity contribution in [3.63, 3.8) is 0 Å². The molecule has 140 valence electrons. The molecule has 4 heteroatoms. The predicted molar refractivity (Wildman–Crippen MR) is 101 cm³/mol. The Balaban J connectivity index is 1.46. The van der Waals surface area contributed by atoms with E-state index in [0.29, 0.717) is 17.4 Å². The molecule has 5 atom stereocenters. The van der Waals surface area contributed by atoms with Crippen LogP contribution in [0.15, 0.2) is 24.3 Å². The van der Waals surface area contributed by atoms with Crippen LogP contribution in [-0.2, 0) is 10.3 Å². The Morgan fingerprint density at radius 2 is 1.85 bits per heavy atom. The van der Waals surface area contributed by atoms with E-state index in [9.17, 15) is 4.79 Å². The molecule has 0 aromatic heterocycles. The Bertz CT molecular complexity index is 694. The first-order valence-corrected chi connectivity index (χ1v) is 10.3. The molecule has 3 aliphatic carbocycles. The number of carbonyl (C=O) groups is 1. The third-order valence-electron chi connectivity index (χ3n) is 7.90. The molecule has 5 rings (SSSR count). The monoisotopic (exact) mass is 354 g/mol. The number of piperidine rings is 1. The van der Waals surface area contributed by atoms with Crippen LogP contribution in [-0.4, -0.2) is 37.0 Å². The van der Waals surface area contributed by atoms with Crippen molar-refractivity contribution in [1.29, 1.82) is 0 Å². The second kappa shape index (κ2) is 6.07. The van der Waals surface area contributed by atoms with E-state index in [2.05, 4.69) is 11.0 Å². The van der Waals surface area contributed by atoms with Gasteiger partial charge in [-0.2, -0.15) is 0 Å². The van der Waals surface area contributed by atoms with Crippen molar-refractivity contribution in [2.45, 2.75) is 50.2 Å². The van der Waals surface area contributed by atoms with Crippen LogP contribution in [0, 0.1) is 23.7 Å². The first-order valence-electron chi connectivity index (χ1n) is 10.3. The molecule has 1 heterocycles. The van der Waals surface area contributed by atoms with Crippen LogP contribution >= 0.6 is 0 Å². The molecule has 3 unspecified atom stereocenters.